The molecule has 1 aliphatic heterocycles. The van der Waals surface area contributed by atoms with Crippen LogP contribution in [0.4, 0.5) is 4.79 Å². The van der Waals surface area contributed by atoms with E-state index in [0.29, 0.717) is 33.6 Å². The molecule has 0 aromatic heterocycles. The SMILES string of the molecule is CC(C)(C)OC(=O)CC[C@H](NC(=O)C1(NC(=O)[C@H](Cc2ccc3ccccc3c2)NC(=O)[C@@H](N)Cc2ccc(OCCNC(=O)OC(C)(C)C)cc2)CCOCC1)C(=O)N[C@@H](CC(=O)NC(c1ccccc1)(c1ccccc1)c1ccccc1)C(=O)N[C@@H](CC(N)=O)C(N)=O. The first-order chi connectivity index (χ1) is 45.1. The normalized spacial score (nSPS) is 14.6. The van der Waals surface area contributed by atoms with Crippen LogP contribution in [0.5, 0.6) is 5.75 Å². The standard InChI is InChI=1S/C71H86N10O14/c1-68(2,3)94-60(84)33-32-54(63(87)78-57(64(88)76-55(61(74)85)43-58(73)82)44-59(83)80-71(49-20-10-7-11-21-49,50-22-12-8-13-23-50)51-24-14-9-15-25-51)79-66(90)70(34-37-92-38-35-70)81-65(89)56(42-46-26-29-47-18-16-17-19-48(47)40-46)77-62(86)53(72)41-45-27-30-52(31-28-45)93-39-36-75-67(91)95-69(4,5)6/h7-31,40,53-57H,32-39,41-44,72H2,1-6H3,(H2,73,82)(H2,74,85)(H,75,91)(H,76,88)(H,77,86)(H,78,87)(H,79,90)(H,80,83)(H,81,89)/t53-,54-,55-,56-,57-/m0/s1. The van der Waals surface area contributed by atoms with Gasteiger partial charge in [0.15, 0.2) is 0 Å². The lowest BCUT2D eigenvalue weighted by Crippen LogP contribution is -2.67. The van der Waals surface area contributed by atoms with Crippen molar-refractivity contribution in [2.24, 2.45) is 17.2 Å². The molecule has 0 spiro atoms. The van der Waals surface area contributed by atoms with E-state index >= 15 is 14.4 Å². The molecule has 13 N–H and O–H groups in total. The molecule has 0 bridgehead atoms. The number of nitrogens with two attached hydrogens (primary N) is 3. The van der Waals surface area contributed by atoms with Gasteiger partial charge in [0.1, 0.15) is 58.8 Å². The predicted molar refractivity (Wildman–Crippen MR) is 354 cm³/mol. The molecule has 1 saturated heterocycles. The minimum atomic E-state index is -1.89. The Morgan fingerprint density at radius 2 is 1.07 bits per heavy atom. The lowest BCUT2D eigenvalue weighted by molar-refractivity contribution is -0.155. The van der Waals surface area contributed by atoms with Gasteiger partial charge in [-0.1, -0.05) is 146 Å². The first-order valence-corrected chi connectivity index (χ1v) is 31.4. The van der Waals surface area contributed by atoms with Gasteiger partial charge in [0, 0.05) is 38.9 Å². The highest BCUT2D eigenvalue weighted by atomic mass is 16.6. The molecule has 9 amide bonds. The Kier molecular flexibility index (Phi) is 25.1. The van der Waals surface area contributed by atoms with Crippen LogP contribution in [0, 0.1) is 0 Å². The van der Waals surface area contributed by atoms with Gasteiger partial charge in [-0.15, -0.1) is 0 Å². The van der Waals surface area contributed by atoms with Crippen LogP contribution >= 0.6 is 0 Å². The molecule has 5 atom stereocenters. The molecule has 1 heterocycles. The largest absolute Gasteiger partial charge is 0.492 e. The number of carbonyl (C=O) groups excluding carboxylic acids is 10. The number of ether oxygens (including phenoxy) is 4. The molecule has 6 aromatic carbocycles. The number of hydrogen-bond donors (Lipinski definition) is 10. The van der Waals surface area contributed by atoms with Crippen LogP contribution in [0.15, 0.2) is 158 Å². The van der Waals surface area contributed by atoms with E-state index in [0.717, 1.165) is 10.8 Å². The van der Waals surface area contributed by atoms with E-state index in [1.54, 1.807) is 102 Å². The van der Waals surface area contributed by atoms with Gasteiger partial charge in [-0.25, -0.2) is 4.79 Å². The second-order valence-corrected chi connectivity index (χ2v) is 25.3. The van der Waals surface area contributed by atoms with E-state index in [4.69, 9.17) is 36.1 Å². The summed E-state index contributed by atoms with van der Waals surface area (Å²) in [5.41, 5.74) is 15.9. The van der Waals surface area contributed by atoms with Crippen LogP contribution < -0.4 is 59.2 Å². The van der Waals surface area contributed by atoms with Gasteiger partial charge in [0.2, 0.25) is 47.3 Å². The maximum absolute atomic E-state index is 15.3. The molecule has 0 radical (unpaired) electrons. The summed E-state index contributed by atoms with van der Waals surface area (Å²) in [5, 5.41) is 20.9. The van der Waals surface area contributed by atoms with Gasteiger partial charge < -0.3 is 73.4 Å². The third-order valence-corrected chi connectivity index (χ3v) is 15.5. The van der Waals surface area contributed by atoms with Crippen molar-refractivity contribution in [3.05, 3.63) is 186 Å². The number of primary amides is 2. The third-order valence-electron chi connectivity index (χ3n) is 15.5. The Bertz CT molecular complexity index is 3550. The summed E-state index contributed by atoms with van der Waals surface area (Å²) in [6.45, 7) is 10.4. The van der Waals surface area contributed by atoms with Crippen LogP contribution in [0.1, 0.15) is 108 Å². The average molecular weight is 1300 g/mol. The molecule has 0 unspecified atom stereocenters. The van der Waals surface area contributed by atoms with E-state index in [1.807, 2.05) is 97.1 Å². The number of nitrogens with one attached hydrogen (secondary N) is 7. The summed E-state index contributed by atoms with van der Waals surface area (Å²) in [4.78, 5) is 140. The number of alkyl carbamates (subject to hydrolysis) is 1. The van der Waals surface area contributed by atoms with Gasteiger partial charge in [-0.3, -0.25) is 43.2 Å². The highest BCUT2D eigenvalue weighted by molar-refractivity contribution is 6.00. The highest BCUT2D eigenvalue weighted by Gasteiger charge is 2.45. The molecule has 24 heteroatoms. The fourth-order valence-electron chi connectivity index (χ4n) is 10.9. The number of fused-ring (bicyclic) bond motifs is 1. The van der Waals surface area contributed by atoms with Gasteiger partial charge in [-0.05, 0) is 105 Å². The predicted octanol–water partition coefficient (Wildman–Crippen LogP) is 4.44. The van der Waals surface area contributed by atoms with E-state index in [1.165, 1.54) is 0 Å². The molecule has 1 fully saturated rings. The Labute approximate surface area is 552 Å². The molecule has 1 aliphatic rings. The van der Waals surface area contributed by atoms with Crippen LogP contribution in [0.25, 0.3) is 10.8 Å². The quantitative estimate of drug-likeness (QED) is 0.0169. The van der Waals surface area contributed by atoms with Crippen molar-refractivity contribution < 1.29 is 66.9 Å². The van der Waals surface area contributed by atoms with Crippen LogP contribution in [-0.4, -0.2) is 133 Å². The maximum atomic E-state index is 15.3. The van der Waals surface area contributed by atoms with Crippen molar-refractivity contribution in [3.8, 4) is 5.75 Å². The Morgan fingerprint density at radius 3 is 1.63 bits per heavy atom. The van der Waals surface area contributed by atoms with Crippen molar-refractivity contribution in [2.45, 2.75) is 145 Å². The zero-order valence-electron chi connectivity index (χ0n) is 54.3. The van der Waals surface area contributed by atoms with E-state index in [2.05, 4.69) is 37.2 Å². The van der Waals surface area contributed by atoms with Crippen LogP contribution in [0.2, 0.25) is 0 Å². The first kappa shape index (κ1) is 72.2. The Balaban J connectivity index is 1.17. The van der Waals surface area contributed by atoms with E-state index in [9.17, 15) is 33.6 Å². The Hall–Kier alpha value is -10.2. The third kappa shape index (κ3) is 21.4. The summed E-state index contributed by atoms with van der Waals surface area (Å²) in [5.74, 6) is -7.90. The van der Waals surface area contributed by atoms with Gasteiger partial charge in [0.05, 0.1) is 25.4 Å². The number of carbonyl (C=O) groups is 10. The molecule has 6 aromatic rings. The second kappa shape index (κ2) is 33.1. The molecule has 0 aliphatic carbocycles. The zero-order valence-corrected chi connectivity index (χ0v) is 54.3. The smallest absolute Gasteiger partial charge is 0.407 e. The van der Waals surface area contributed by atoms with Crippen molar-refractivity contribution >= 4 is 70.1 Å². The molecular weight excluding hydrogens is 1220 g/mol. The number of rotatable bonds is 30. The Morgan fingerprint density at radius 1 is 0.547 bits per heavy atom. The van der Waals surface area contributed by atoms with Crippen molar-refractivity contribution in [1.82, 2.24) is 37.2 Å². The fraction of sp³-hybridized carbons (Fsp3) is 0.380. The summed E-state index contributed by atoms with van der Waals surface area (Å²) in [6.07, 6.45) is -3.41. The number of benzene rings is 6. The van der Waals surface area contributed by atoms with Gasteiger partial charge in [-0.2, -0.15) is 0 Å². The molecule has 24 nitrogen and oxygen atoms in total. The van der Waals surface area contributed by atoms with Gasteiger partial charge >= 0.3 is 12.1 Å². The number of esters is 1. The summed E-state index contributed by atoms with van der Waals surface area (Å²) in [7, 11) is 0. The summed E-state index contributed by atoms with van der Waals surface area (Å²) >= 11 is 0. The zero-order chi connectivity index (χ0) is 68.9. The second-order valence-electron chi connectivity index (χ2n) is 25.3. The summed E-state index contributed by atoms with van der Waals surface area (Å²) in [6, 6.07) is 39.2. The molecule has 7 rings (SSSR count). The first-order valence-electron chi connectivity index (χ1n) is 31.4. The minimum Gasteiger partial charge on any atom is -0.492 e. The van der Waals surface area contributed by atoms with Crippen molar-refractivity contribution in [3.63, 3.8) is 0 Å². The molecule has 504 valence electrons. The van der Waals surface area contributed by atoms with E-state index < -0.39 is 137 Å². The fourth-order valence-corrected chi connectivity index (χ4v) is 10.9. The number of hydrogen-bond acceptors (Lipinski definition) is 15. The molecule has 0 saturated carbocycles. The lowest BCUT2D eigenvalue weighted by Gasteiger charge is -2.38. The number of amides is 9. The van der Waals surface area contributed by atoms with Crippen molar-refractivity contribution in [2.75, 3.05) is 26.4 Å². The molecule has 95 heavy (non-hydrogen) atoms. The average Bonchev–Trinajstić information content (AvgIpc) is 0.761. The highest BCUT2D eigenvalue weighted by Crippen LogP contribution is 2.37. The van der Waals surface area contributed by atoms with Gasteiger partial charge in [0.25, 0.3) is 0 Å². The maximum Gasteiger partial charge on any atom is 0.407 e. The van der Waals surface area contributed by atoms with E-state index in [-0.39, 0.29) is 52.0 Å². The lowest BCUT2D eigenvalue weighted by atomic mass is 9.77. The molecular formula is C71H86N10O14. The minimum absolute atomic E-state index is 0.0369. The van der Waals surface area contributed by atoms with Crippen LogP contribution in [-0.2, 0) is 75.7 Å². The van der Waals surface area contributed by atoms with Crippen molar-refractivity contribution in [1.29, 1.82) is 0 Å². The summed E-state index contributed by atoms with van der Waals surface area (Å²) < 4.78 is 22.3. The van der Waals surface area contributed by atoms with Crippen LogP contribution in [0.3, 0.4) is 0 Å². The monoisotopic (exact) mass is 1300 g/mol. The topological polar surface area (TPSA) is 370 Å².